The number of hydrogen-bond acceptors (Lipinski definition) is 5. The number of nitrogens with two attached hydrogens (primary N) is 2. The highest BCUT2D eigenvalue weighted by Gasteiger charge is 2.24. The molecule has 0 saturated carbocycles. The number of carbonyl (C=O) groups excluding carboxylic acids is 1. The van der Waals surface area contributed by atoms with E-state index in [2.05, 4.69) is 9.72 Å². The van der Waals surface area contributed by atoms with Crippen LogP contribution in [0, 0.1) is 0 Å². The van der Waals surface area contributed by atoms with E-state index in [-0.39, 0.29) is 24.4 Å². The molecule has 0 aliphatic heterocycles. The molecule has 1 heterocycles. The fourth-order valence-corrected chi connectivity index (χ4v) is 1.34. The van der Waals surface area contributed by atoms with Crippen molar-refractivity contribution in [3.8, 4) is 0 Å². The van der Waals surface area contributed by atoms with Gasteiger partial charge in [-0.05, 0) is 13.0 Å². The first-order chi connectivity index (χ1) is 8.01. The monoisotopic (exact) mass is 245 g/mol. The second-order valence-corrected chi connectivity index (χ2v) is 3.19. The highest BCUT2D eigenvalue weighted by Crippen LogP contribution is 2.28. The average molecular weight is 245 g/mol. The number of anilines is 1. The lowest BCUT2D eigenvalue weighted by atomic mass is 10.1. The van der Waals surface area contributed by atoms with E-state index >= 15 is 0 Å². The van der Waals surface area contributed by atoms with Crippen LogP contribution in [0.2, 0.25) is 0 Å². The highest BCUT2D eigenvalue weighted by molar-refractivity contribution is 5.92. The minimum Gasteiger partial charge on any atom is -0.462 e. The zero-order valence-electron chi connectivity index (χ0n) is 9.24. The summed E-state index contributed by atoms with van der Waals surface area (Å²) in [6.07, 6.45) is -2.89. The van der Waals surface area contributed by atoms with Crippen LogP contribution in [0.5, 0.6) is 0 Å². The van der Waals surface area contributed by atoms with Crippen LogP contribution in [-0.4, -0.2) is 17.6 Å². The van der Waals surface area contributed by atoms with Crippen molar-refractivity contribution in [1.82, 2.24) is 4.98 Å². The molecule has 0 aliphatic carbocycles. The summed E-state index contributed by atoms with van der Waals surface area (Å²) < 4.78 is 30.2. The molecule has 0 aromatic carbocycles. The molecule has 17 heavy (non-hydrogen) atoms. The molecule has 1 rings (SSSR count). The molecule has 0 atom stereocenters. The third-order valence-electron chi connectivity index (χ3n) is 2.06. The number of halogens is 2. The minimum absolute atomic E-state index is 0.000122. The second kappa shape index (κ2) is 5.53. The zero-order chi connectivity index (χ0) is 13.0. The van der Waals surface area contributed by atoms with Gasteiger partial charge in [0.05, 0.1) is 23.4 Å². The lowest BCUT2D eigenvalue weighted by Gasteiger charge is -2.11. The molecule has 0 bridgehead atoms. The van der Waals surface area contributed by atoms with Gasteiger partial charge < -0.3 is 16.2 Å². The number of nitrogens with zero attached hydrogens (tertiary/aromatic N) is 1. The Kier molecular flexibility index (Phi) is 4.33. The van der Waals surface area contributed by atoms with Crippen LogP contribution in [0.3, 0.4) is 0 Å². The second-order valence-electron chi connectivity index (χ2n) is 3.19. The molecule has 0 amide bonds. The third-order valence-corrected chi connectivity index (χ3v) is 2.06. The molecule has 94 valence electrons. The number of rotatable bonds is 4. The van der Waals surface area contributed by atoms with Crippen molar-refractivity contribution in [1.29, 1.82) is 0 Å². The molecule has 0 fully saturated rings. The zero-order valence-corrected chi connectivity index (χ0v) is 9.24. The Bertz CT molecular complexity index is 424. The fraction of sp³-hybridized carbons (Fsp3) is 0.400. The molecule has 1 aromatic rings. The summed E-state index contributed by atoms with van der Waals surface area (Å²) >= 11 is 0. The van der Waals surface area contributed by atoms with E-state index in [9.17, 15) is 13.6 Å². The van der Waals surface area contributed by atoms with E-state index in [1.54, 1.807) is 6.92 Å². The topological polar surface area (TPSA) is 91.2 Å². The van der Waals surface area contributed by atoms with Crippen molar-refractivity contribution < 1.29 is 18.3 Å². The molecule has 0 radical (unpaired) electrons. The number of pyridine rings is 1. The van der Waals surface area contributed by atoms with Crippen molar-refractivity contribution >= 4 is 11.8 Å². The normalized spacial score (nSPS) is 10.6. The molecule has 7 heteroatoms. The van der Waals surface area contributed by atoms with Crippen LogP contribution in [0.1, 0.15) is 35.0 Å². The van der Waals surface area contributed by atoms with Gasteiger partial charge in [0.2, 0.25) is 0 Å². The van der Waals surface area contributed by atoms with Gasteiger partial charge in [0.25, 0.3) is 6.43 Å². The van der Waals surface area contributed by atoms with E-state index in [1.165, 1.54) is 6.07 Å². The lowest BCUT2D eigenvalue weighted by Crippen LogP contribution is -2.14. The number of alkyl halides is 2. The summed E-state index contributed by atoms with van der Waals surface area (Å²) in [5.74, 6) is -1.25. The molecule has 0 unspecified atom stereocenters. The van der Waals surface area contributed by atoms with Gasteiger partial charge >= 0.3 is 5.97 Å². The van der Waals surface area contributed by atoms with Gasteiger partial charge in [-0.15, -0.1) is 0 Å². The Hall–Kier alpha value is -1.76. The standard InChI is InChI=1S/C10H13F2N3O2/c1-2-17-10(16)6-3-5(4-13)15-9(14)7(6)8(11)12/h3,8H,2,4,13H2,1H3,(H2,14,15). The van der Waals surface area contributed by atoms with Gasteiger partial charge in [-0.25, -0.2) is 18.6 Å². The Morgan fingerprint density at radius 2 is 2.24 bits per heavy atom. The minimum atomic E-state index is -2.89. The smallest absolute Gasteiger partial charge is 0.338 e. The highest BCUT2D eigenvalue weighted by atomic mass is 19.3. The van der Waals surface area contributed by atoms with Gasteiger partial charge in [-0.2, -0.15) is 0 Å². The van der Waals surface area contributed by atoms with Crippen LogP contribution in [0.25, 0.3) is 0 Å². The maximum absolute atomic E-state index is 12.8. The van der Waals surface area contributed by atoms with Crippen molar-refractivity contribution in [2.45, 2.75) is 19.9 Å². The summed E-state index contributed by atoms with van der Waals surface area (Å²) in [6, 6.07) is 1.18. The van der Waals surface area contributed by atoms with Crippen molar-refractivity contribution in [2.75, 3.05) is 12.3 Å². The summed E-state index contributed by atoms with van der Waals surface area (Å²) in [6.45, 7) is 1.66. The molecule has 0 spiro atoms. The molecule has 5 nitrogen and oxygen atoms in total. The van der Waals surface area contributed by atoms with E-state index in [1.807, 2.05) is 0 Å². The Labute approximate surface area is 96.8 Å². The number of esters is 1. The van der Waals surface area contributed by atoms with Gasteiger partial charge in [-0.1, -0.05) is 0 Å². The van der Waals surface area contributed by atoms with E-state index in [4.69, 9.17) is 11.5 Å². The van der Waals surface area contributed by atoms with Gasteiger partial charge in [-0.3, -0.25) is 0 Å². The maximum Gasteiger partial charge on any atom is 0.338 e. The van der Waals surface area contributed by atoms with Crippen LogP contribution in [0.15, 0.2) is 6.07 Å². The Balaban J connectivity index is 3.32. The molecular weight excluding hydrogens is 232 g/mol. The van der Waals surface area contributed by atoms with E-state index in [0.717, 1.165) is 0 Å². The van der Waals surface area contributed by atoms with E-state index in [0.29, 0.717) is 0 Å². The molecule has 1 aromatic heterocycles. The molecule has 0 aliphatic rings. The number of ether oxygens (including phenoxy) is 1. The molecule has 0 saturated heterocycles. The first-order valence-electron chi connectivity index (χ1n) is 4.95. The number of hydrogen-bond donors (Lipinski definition) is 2. The number of nitrogen functional groups attached to an aromatic ring is 1. The predicted octanol–water partition coefficient (Wildman–Crippen LogP) is 1.24. The van der Waals surface area contributed by atoms with Gasteiger partial charge in [0, 0.05) is 6.54 Å². The Morgan fingerprint density at radius 1 is 1.59 bits per heavy atom. The SMILES string of the molecule is CCOC(=O)c1cc(CN)nc(N)c1C(F)F. The third kappa shape index (κ3) is 2.88. The van der Waals surface area contributed by atoms with Crippen LogP contribution in [0.4, 0.5) is 14.6 Å². The summed E-state index contributed by atoms with van der Waals surface area (Å²) in [5.41, 5.74) is 10.1. The Morgan fingerprint density at radius 3 is 2.71 bits per heavy atom. The summed E-state index contributed by atoms with van der Waals surface area (Å²) in [7, 11) is 0. The maximum atomic E-state index is 12.8. The van der Waals surface area contributed by atoms with Crippen molar-refractivity contribution in [2.24, 2.45) is 5.73 Å². The fourth-order valence-electron chi connectivity index (χ4n) is 1.34. The number of carbonyl (C=O) groups is 1. The quantitative estimate of drug-likeness (QED) is 0.778. The largest absolute Gasteiger partial charge is 0.462 e. The van der Waals surface area contributed by atoms with Crippen molar-refractivity contribution in [3.05, 3.63) is 22.9 Å². The average Bonchev–Trinajstić information content (AvgIpc) is 2.27. The first-order valence-corrected chi connectivity index (χ1v) is 4.95. The van der Waals surface area contributed by atoms with Crippen LogP contribution < -0.4 is 11.5 Å². The number of aromatic nitrogens is 1. The van der Waals surface area contributed by atoms with Crippen LogP contribution in [-0.2, 0) is 11.3 Å². The first kappa shape index (κ1) is 13.3. The summed E-state index contributed by atoms with van der Waals surface area (Å²) in [4.78, 5) is 15.2. The van der Waals surface area contributed by atoms with Gasteiger partial charge in [0.1, 0.15) is 5.82 Å². The summed E-state index contributed by atoms with van der Waals surface area (Å²) in [5, 5.41) is 0. The molecular formula is C10H13F2N3O2. The van der Waals surface area contributed by atoms with Crippen LogP contribution >= 0.6 is 0 Å². The predicted molar refractivity (Wildman–Crippen MR) is 57.5 cm³/mol. The van der Waals surface area contributed by atoms with Gasteiger partial charge in [0.15, 0.2) is 0 Å². The molecule has 4 N–H and O–H groups in total. The lowest BCUT2D eigenvalue weighted by molar-refractivity contribution is 0.0515. The van der Waals surface area contributed by atoms with Crippen molar-refractivity contribution in [3.63, 3.8) is 0 Å². The van der Waals surface area contributed by atoms with E-state index < -0.39 is 23.8 Å².